The Morgan fingerprint density at radius 3 is 2.50 bits per heavy atom. The number of methoxy groups -OCH3 is 1. The van der Waals surface area contributed by atoms with Crippen LogP contribution in [-0.4, -0.2) is 32.0 Å². The minimum atomic E-state index is -0.141. The maximum atomic E-state index is 11.4. The summed E-state index contributed by atoms with van der Waals surface area (Å²) in [5.41, 5.74) is 1.76. The van der Waals surface area contributed by atoms with Crippen LogP contribution in [0.3, 0.4) is 0 Å². The van der Waals surface area contributed by atoms with Gasteiger partial charge in [-0.15, -0.1) is 0 Å². The average Bonchev–Trinajstić information content (AvgIpc) is 2.87. The number of anilines is 1. The fourth-order valence-electron chi connectivity index (χ4n) is 2.26. The smallest absolute Gasteiger partial charge is 0.310 e. The van der Waals surface area contributed by atoms with Gasteiger partial charge < -0.3 is 9.64 Å². The number of hydrogen-bond donors (Lipinski definition) is 0. The van der Waals surface area contributed by atoms with Crippen LogP contribution in [0, 0.1) is 5.92 Å². The van der Waals surface area contributed by atoms with Crippen molar-refractivity contribution in [2.75, 3.05) is 25.1 Å². The normalized spacial score (nSPS) is 18.8. The number of carbonyl (C=O) groups is 2. The topological polar surface area (TPSA) is 46.6 Å². The molecular formula is C14H17NO3. The Labute approximate surface area is 107 Å². The maximum Gasteiger partial charge on any atom is 0.310 e. The first-order valence-corrected chi connectivity index (χ1v) is 6.05. The number of ether oxygens (including phenoxy) is 1. The summed E-state index contributed by atoms with van der Waals surface area (Å²) < 4.78 is 4.76. The van der Waals surface area contributed by atoms with Gasteiger partial charge >= 0.3 is 5.97 Å². The van der Waals surface area contributed by atoms with Gasteiger partial charge in [0.05, 0.1) is 13.0 Å². The average molecular weight is 247 g/mol. The first-order valence-electron chi connectivity index (χ1n) is 6.05. The van der Waals surface area contributed by atoms with Crippen molar-refractivity contribution in [2.45, 2.75) is 13.3 Å². The summed E-state index contributed by atoms with van der Waals surface area (Å²) in [5, 5.41) is 0. The minimum Gasteiger partial charge on any atom is -0.469 e. The molecular weight excluding hydrogens is 230 g/mol. The first kappa shape index (κ1) is 12.6. The van der Waals surface area contributed by atoms with E-state index in [0.29, 0.717) is 12.1 Å². The molecule has 96 valence electrons. The molecule has 1 atom stereocenters. The molecule has 1 fully saturated rings. The van der Waals surface area contributed by atoms with Gasteiger partial charge in [-0.1, -0.05) is 0 Å². The summed E-state index contributed by atoms with van der Waals surface area (Å²) in [7, 11) is 1.42. The summed E-state index contributed by atoms with van der Waals surface area (Å²) >= 11 is 0. The summed E-state index contributed by atoms with van der Waals surface area (Å²) in [5.74, 6) is -0.115. The van der Waals surface area contributed by atoms with Crippen molar-refractivity contribution in [3.63, 3.8) is 0 Å². The summed E-state index contributed by atoms with van der Waals surface area (Å²) in [6, 6.07) is 7.50. The van der Waals surface area contributed by atoms with Crippen LogP contribution in [0.1, 0.15) is 23.7 Å². The Bertz CT molecular complexity index is 453. The summed E-state index contributed by atoms with van der Waals surface area (Å²) in [6.07, 6.45) is 0.821. The van der Waals surface area contributed by atoms with E-state index in [1.165, 1.54) is 7.11 Å². The van der Waals surface area contributed by atoms with Crippen LogP contribution in [0.15, 0.2) is 24.3 Å². The molecule has 0 aromatic heterocycles. The van der Waals surface area contributed by atoms with Gasteiger partial charge in [0.1, 0.15) is 0 Å². The standard InChI is InChI=1S/C14H17NO3/c1-10(16)11-3-5-13(6-4-11)15-8-7-12(9-15)14(17)18-2/h3-6,12H,7-9H2,1-2H3. The van der Waals surface area contributed by atoms with E-state index in [-0.39, 0.29) is 17.7 Å². The Morgan fingerprint density at radius 1 is 1.28 bits per heavy atom. The third kappa shape index (κ3) is 2.53. The quantitative estimate of drug-likeness (QED) is 0.604. The number of Topliss-reactive ketones (excluding diaryl/α,β-unsaturated/α-hetero) is 1. The SMILES string of the molecule is COC(=O)C1CCN(c2ccc(C(C)=O)cc2)C1. The second-order valence-corrected chi connectivity index (χ2v) is 4.56. The third-order valence-corrected chi connectivity index (χ3v) is 3.36. The van der Waals surface area contributed by atoms with E-state index in [0.717, 1.165) is 18.7 Å². The van der Waals surface area contributed by atoms with Crippen LogP contribution < -0.4 is 4.90 Å². The molecule has 1 heterocycles. The van der Waals surface area contributed by atoms with Crippen LogP contribution in [0.25, 0.3) is 0 Å². The molecule has 0 bridgehead atoms. The highest BCUT2D eigenvalue weighted by molar-refractivity contribution is 5.94. The van der Waals surface area contributed by atoms with Gasteiger partial charge in [-0.25, -0.2) is 0 Å². The van der Waals surface area contributed by atoms with Gasteiger partial charge in [0.2, 0.25) is 0 Å². The number of ketones is 1. The number of carbonyl (C=O) groups excluding carboxylic acids is 2. The largest absolute Gasteiger partial charge is 0.469 e. The number of hydrogen-bond acceptors (Lipinski definition) is 4. The van der Waals surface area contributed by atoms with E-state index in [9.17, 15) is 9.59 Å². The van der Waals surface area contributed by atoms with E-state index >= 15 is 0 Å². The van der Waals surface area contributed by atoms with Crippen LogP contribution in [0.5, 0.6) is 0 Å². The molecule has 1 aliphatic rings. The lowest BCUT2D eigenvalue weighted by atomic mass is 10.1. The Kier molecular flexibility index (Phi) is 3.65. The summed E-state index contributed by atoms with van der Waals surface area (Å²) in [6.45, 7) is 3.09. The lowest BCUT2D eigenvalue weighted by molar-refractivity contribution is -0.144. The van der Waals surface area contributed by atoms with Crippen LogP contribution >= 0.6 is 0 Å². The predicted molar refractivity (Wildman–Crippen MR) is 68.8 cm³/mol. The van der Waals surface area contributed by atoms with Gasteiger partial charge in [0.15, 0.2) is 5.78 Å². The number of benzene rings is 1. The van der Waals surface area contributed by atoms with Crippen molar-refractivity contribution in [3.8, 4) is 0 Å². The fourth-order valence-corrected chi connectivity index (χ4v) is 2.26. The highest BCUT2D eigenvalue weighted by Crippen LogP contribution is 2.24. The second-order valence-electron chi connectivity index (χ2n) is 4.56. The molecule has 4 nitrogen and oxygen atoms in total. The van der Waals surface area contributed by atoms with Crippen molar-refractivity contribution in [3.05, 3.63) is 29.8 Å². The van der Waals surface area contributed by atoms with Crippen molar-refractivity contribution in [1.29, 1.82) is 0 Å². The Hall–Kier alpha value is -1.84. The second kappa shape index (κ2) is 5.21. The predicted octanol–water partition coefficient (Wildman–Crippen LogP) is 1.89. The van der Waals surface area contributed by atoms with Gasteiger partial charge in [-0.05, 0) is 37.6 Å². The lowest BCUT2D eigenvalue weighted by Crippen LogP contribution is -2.23. The number of nitrogens with zero attached hydrogens (tertiary/aromatic N) is 1. The number of esters is 1. The molecule has 1 aromatic rings. The molecule has 4 heteroatoms. The molecule has 0 radical (unpaired) electrons. The number of rotatable bonds is 3. The monoisotopic (exact) mass is 247 g/mol. The Morgan fingerprint density at radius 2 is 1.94 bits per heavy atom. The van der Waals surface area contributed by atoms with Gasteiger partial charge in [-0.3, -0.25) is 9.59 Å². The minimum absolute atomic E-state index is 0.0394. The van der Waals surface area contributed by atoms with Crippen molar-refractivity contribution >= 4 is 17.4 Å². The van der Waals surface area contributed by atoms with E-state index in [1.807, 2.05) is 24.3 Å². The third-order valence-electron chi connectivity index (χ3n) is 3.36. The van der Waals surface area contributed by atoms with Crippen molar-refractivity contribution < 1.29 is 14.3 Å². The highest BCUT2D eigenvalue weighted by Gasteiger charge is 2.29. The maximum absolute atomic E-state index is 11.4. The molecule has 1 aliphatic heterocycles. The van der Waals surface area contributed by atoms with Crippen LogP contribution in [0.4, 0.5) is 5.69 Å². The van der Waals surface area contributed by atoms with Crippen molar-refractivity contribution in [2.24, 2.45) is 5.92 Å². The summed E-state index contributed by atoms with van der Waals surface area (Å²) in [4.78, 5) is 24.8. The molecule has 1 saturated heterocycles. The van der Waals surface area contributed by atoms with E-state index in [1.54, 1.807) is 6.92 Å². The molecule has 0 amide bonds. The molecule has 0 N–H and O–H groups in total. The zero-order chi connectivity index (χ0) is 13.1. The van der Waals surface area contributed by atoms with E-state index < -0.39 is 0 Å². The molecule has 1 aromatic carbocycles. The van der Waals surface area contributed by atoms with Gasteiger partial charge in [-0.2, -0.15) is 0 Å². The molecule has 2 rings (SSSR count). The van der Waals surface area contributed by atoms with E-state index in [2.05, 4.69) is 4.90 Å². The molecule has 0 saturated carbocycles. The molecule has 0 spiro atoms. The highest BCUT2D eigenvalue weighted by atomic mass is 16.5. The van der Waals surface area contributed by atoms with Gasteiger partial charge in [0, 0.05) is 24.3 Å². The fraction of sp³-hybridized carbons (Fsp3) is 0.429. The Balaban J connectivity index is 2.05. The zero-order valence-corrected chi connectivity index (χ0v) is 10.7. The van der Waals surface area contributed by atoms with E-state index in [4.69, 9.17) is 4.74 Å². The van der Waals surface area contributed by atoms with Crippen molar-refractivity contribution in [1.82, 2.24) is 0 Å². The van der Waals surface area contributed by atoms with Crippen LogP contribution in [-0.2, 0) is 9.53 Å². The molecule has 0 aliphatic carbocycles. The lowest BCUT2D eigenvalue weighted by Gasteiger charge is -2.18. The molecule has 1 unspecified atom stereocenters. The molecule has 18 heavy (non-hydrogen) atoms. The zero-order valence-electron chi connectivity index (χ0n) is 10.7. The van der Waals surface area contributed by atoms with Crippen LogP contribution in [0.2, 0.25) is 0 Å². The van der Waals surface area contributed by atoms with Gasteiger partial charge in [0.25, 0.3) is 0 Å². The first-order chi connectivity index (χ1) is 8.61.